The van der Waals surface area contributed by atoms with Gasteiger partial charge in [0.1, 0.15) is 0 Å². The molecule has 0 saturated carbocycles. The molecule has 160 valence electrons. The van der Waals surface area contributed by atoms with Gasteiger partial charge in [0, 0.05) is 38.6 Å². The Kier molecular flexibility index (Phi) is 9.14. The summed E-state index contributed by atoms with van der Waals surface area (Å²) in [6, 6.07) is 8.34. The van der Waals surface area contributed by atoms with Crippen LogP contribution in [0.2, 0.25) is 0 Å². The van der Waals surface area contributed by atoms with Crippen molar-refractivity contribution in [2.75, 3.05) is 32.7 Å². The number of carbonyl (C=O) groups is 2. The number of hydrogen-bond donors (Lipinski definition) is 1. The number of aryl methyl sites for hydroxylation is 1. The molecule has 4 rings (SSSR count). The molecule has 3 heterocycles. The van der Waals surface area contributed by atoms with Crippen LogP contribution < -0.4 is 5.32 Å². The fourth-order valence-corrected chi connectivity index (χ4v) is 5.03. The smallest absolute Gasteiger partial charge is 0.236 e. The first-order valence-electron chi connectivity index (χ1n) is 9.83. The van der Waals surface area contributed by atoms with Gasteiger partial charge in [-0.2, -0.15) is 0 Å². The number of para-hydroxylation sites is 1. The molecule has 1 unspecified atom stereocenters. The van der Waals surface area contributed by atoms with E-state index in [2.05, 4.69) is 16.4 Å². The molecule has 2 aliphatic rings. The molecular formula is C20H28Cl2N4O2S. The number of piperazine rings is 1. The van der Waals surface area contributed by atoms with E-state index in [1.54, 1.807) is 11.3 Å². The average molecular weight is 459 g/mol. The highest BCUT2D eigenvalue weighted by molar-refractivity contribution is 7.18. The molecule has 6 nitrogen and oxygen atoms in total. The molecular weight excluding hydrogens is 431 g/mol. The summed E-state index contributed by atoms with van der Waals surface area (Å²) in [4.78, 5) is 33.4. The van der Waals surface area contributed by atoms with Crippen LogP contribution in [0.15, 0.2) is 24.3 Å². The first-order chi connectivity index (χ1) is 13.2. The Bertz CT molecular complexity index is 799. The van der Waals surface area contributed by atoms with Gasteiger partial charge in [-0.3, -0.25) is 9.59 Å². The van der Waals surface area contributed by atoms with Crippen molar-refractivity contribution < 1.29 is 9.59 Å². The van der Waals surface area contributed by atoms with Crippen LogP contribution >= 0.6 is 36.2 Å². The Hall–Kier alpha value is -1.41. The van der Waals surface area contributed by atoms with Crippen molar-refractivity contribution in [1.29, 1.82) is 0 Å². The average Bonchev–Trinajstić information content (AvgIpc) is 3.11. The van der Waals surface area contributed by atoms with E-state index in [9.17, 15) is 9.59 Å². The van der Waals surface area contributed by atoms with E-state index in [1.165, 1.54) is 4.70 Å². The third kappa shape index (κ3) is 5.81. The Balaban J connectivity index is 0.00000150. The van der Waals surface area contributed by atoms with Crippen LogP contribution in [0, 0.1) is 0 Å². The molecule has 1 aromatic heterocycles. The minimum absolute atomic E-state index is 0. The standard InChI is InChI=1S/C20H26N4O2S.2ClH/c25-19(9-3-8-18-22-16-6-1-2-7-17(16)27-18)23-11-4-5-15(14-23)24-12-10-21-13-20(24)26;;/h1-2,6-7,15,21H,3-5,8-14H2;2*1H. The van der Waals surface area contributed by atoms with Gasteiger partial charge in [-0.1, -0.05) is 12.1 Å². The number of fused-ring (bicyclic) bond motifs is 1. The number of carbonyl (C=O) groups excluding carboxylic acids is 2. The lowest BCUT2D eigenvalue weighted by Gasteiger charge is -2.41. The highest BCUT2D eigenvalue weighted by Crippen LogP contribution is 2.23. The van der Waals surface area contributed by atoms with Gasteiger partial charge in [0.2, 0.25) is 11.8 Å². The molecule has 2 amide bonds. The largest absolute Gasteiger partial charge is 0.341 e. The number of nitrogens with one attached hydrogen (secondary N) is 1. The van der Waals surface area contributed by atoms with Crippen LogP contribution in [0.25, 0.3) is 10.2 Å². The lowest BCUT2D eigenvalue weighted by atomic mass is 10.0. The van der Waals surface area contributed by atoms with Gasteiger partial charge < -0.3 is 15.1 Å². The zero-order valence-electron chi connectivity index (χ0n) is 16.3. The van der Waals surface area contributed by atoms with E-state index in [-0.39, 0.29) is 42.7 Å². The summed E-state index contributed by atoms with van der Waals surface area (Å²) in [5.74, 6) is 0.375. The molecule has 0 radical (unpaired) electrons. The van der Waals surface area contributed by atoms with Crippen molar-refractivity contribution in [2.45, 2.75) is 38.1 Å². The Morgan fingerprint density at radius 1 is 1.24 bits per heavy atom. The number of piperidine rings is 1. The van der Waals surface area contributed by atoms with Crippen LogP contribution in [0.4, 0.5) is 0 Å². The number of benzene rings is 1. The summed E-state index contributed by atoms with van der Waals surface area (Å²) in [7, 11) is 0. The van der Waals surface area contributed by atoms with Crippen molar-refractivity contribution in [3.8, 4) is 0 Å². The van der Waals surface area contributed by atoms with Gasteiger partial charge in [0.25, 0.3) is 0 Å². The van der Waals surface area contributed by atoms with Crippen molar-refractivity contribution in [3.63, 3.8) is 0 Å². The molecule has 9 heteroatoms. The Morgan fingerprint density at radius 3 is 2.86 bits per heavy atom. The van der Waals surface area contributed by atoms with Gasteiger partial charge in [-0.25, -0.2) is 4.98 Å². The second-order valence-electron chi connectivity index (χ2n) is 7.33. The minimum Gasteiger partial charge on any atom is -0.341 e. The van der Waals surface area contributed by atoms with E-state index >= 15 is 0 Å². The maximum Gasteiger partial charge on any atom is 0.236 e. The second kappa shape index (κ2) is 11.1. The van der Waals surface area contributed by atoms with Crippen LogP contribution in [0.5, 0.6) is 0 Å². The number of aromatic nitrogens is 1. The van der Waals surface area contributed by atoms with E-state index in [0.717, 1.165) is 55.8 Å². The molecule has 29 heavy (non-hydrogen) atoms. The number of hydrogen-bond acceptors (Lipinski definition) is 5. The van der Waals surface area contributed by atoms with Crippen molar-refractivity contribution >= 4 is 58.2 Å². The predicted octanol–water partition coefficient (Wildman–Crippen LogP) is 2.89. The molecule has 2 aromatic rings. The molecule has 1 atom stereocenters. The first kappa shape index (κ1) is 23.9. The Labute approximate surface area is 187 Å². The van der Waals surface area contributed by atoms with Crippen molar-refractivity contribution in [1.82, 2.24) is 20.1 Å². The highest BCUT2D eigenvalue weighted by atomic mass is 35.5. The topological polar surface area (TPSA) is 65.5 Å². The SMILES string of the molecule is Cl.Cl.O=C(CCCc1nc2ccccc2s1)N1CCCC(N2CCNCC2=O)C1. The molecule has 0 aliphatic carbocycles. The molecule has 1 aromatic carbocycles. The number of rotatable bonds is 5. The van der Waals surface area contributed by atoms with Gasteiger partial charge in [-0.15, -0.1) is 36.2 Å². The van der Waals surface area contributed by atoms with Crippen molar-refractivity contribution in [2.24, 2.45) is 0 Å². The highest BCUT2D eigenvalue weighted by Gasteiger charge is 2.31. The molecule has 0 spiro atoms. The van der Waals surface area contributed by atoms with Gasteiger partial charge in [0.15, 0.2) is 0 Å². The predicted molar refractivity (Wildman–Crippen MR) is 121 cm³/mol. The maximum absolute atomic E-state index is 12.7. The number of likely N-dealkylation sites (tertiary alicyclic amines) is 1. The summed E-state index contributed by atoms with van der Waals surface area (Å²) < 4.78 is 1.21. The molecule has 0 bridgehead atoms. The summed E-state index contributed by atoms with van der Waals surface area (Å²) in [6.07, 6.45) is 4.20. The molecule has 2 saturated heterocycles. The summed E-state index contributed by atoms with van der Waals surface area (Å²) in [6.45, 7) is 3.52. The van der Waals surface area contributed by atoms with E-state index in [1.807, 2.05) is 28.0 Å². The second-order valence-corrected chi connectivity index (χ2v) is 8.44. The molecule has 2 fully saturated rings. The lowest BCUT2D eigenvalue weighted by molar-refractivity contribution is -0.140. The first-order valence-corrected chi connectivity index (χ1v) is 10.6. The summed E-state index contributed by atoms with van der Waals surface area (Å²) in [5.41, 5.74) is 1.04. The fraction of sp³-hybridized carbons (Fsp3) is 0.550. The number of thiazole rings is 1. The van der Waals surface area contributed by atoms with E-state index < -0.39 is 0 Å². The Morgan fingerprint density at radius 2 is 2.07 bits per heavy atom. The zero-order valence-corrected chi connectivity index (χ0v) is 18.8. The van der Waals surface area contributed by atoms with Crippen LogP contribution in [0.1, 0.15) is 30.7 Å². The van der Waals surface area contributed by atoms with Crippen LogP contribution in [-0.2, 0) is 16.0 Å². The van der Waals surface area contributed by atoms with Gasteiger partial charge in [0.05, 0.1) is 21.8 Å². The van der Waals surface area contributed by atoms with E-state index in [4.69, 9.17) is 0 Å². The normalized spacial score (nSPS) is 19.6. The summed E-state index contributed by atoms with van der Waals surface area (Å²) in [5, 5.41) is 4.22. The third-order valence-electron chi connectivity index (χ3n) is 5.44. The fourth-order valence-electron chi connectivity index (χ4n) is 4.02. The van der Waals surface area contributed by atoms with Gasteiger partial charge >= 0.3 is 0 Å². The van der Waals surface area contributed by atoms with Crippen LogP contribution in [-0.4, -0.2) is 65.4 Å². The lowest BCUT2D eigenvalue weighted by Crippen LogP contribution is -2.57. The van der Waals surface area contributed by atoms with Crippen LogP contribution in [0.3, 0.4) is 0 Å². The molecule has 2 aliphatic heterocycles. The monoisotopic (exact) mass is 458 g/mol. The minimum atomic E-state index is 0. The summed E-state index contributed by atoms with van der Waals surface area (Å²) >= 11 is 1.72. The van der Waals surface area contributed by atoms with E-state index in [0.29, 0.717) is 19.5 Å². The quantitative estimate of drug-likeness (QED) is 0.747. The number of amides is 2. The van der Waals surface area contributed by atoms with Crippen molar-refractivity contribution in [3.05, 3.63) is 29.3 Å². The zero-order chi connectivity index (χ0) is 18.6. The van der Waals surface area contributed by atoms with Gasteiger partial charge in [-0.05, 0) is 37.8 Å². The third-order valence-corrected chi connectivity index (χ3v) is 6.53. The number of halogens is 2. The molecule has 1 N–H and O–H groups in total. The maximum atomic E-state index is 12.7. The number of nitrogens with zero attached hydrogens (tertiary/aromatic N) is 3.